The van der Waals surface area contributed by atoms with Crippen LogP contribution in [0.25, 0.3) is 0 Å². The number of nitrogens with zero attached hydrogens (tertiary/aromatic N) is 2. The molecule has 0 spiro atoms. The summed E-state index contributed by atoms with van der Waals surface area (Å²) in [7, 11) is -2.13. The summed E-state index contributed by atoms with van der Waals surface area (Å²) in [5, 5.41) is 3.89. The maximum Gasteiger partial charge on any atom is 0.246 e. The van der Waals surface area contributed by atoms with Crippen molar-refractivity contribution < 1.29 is 13.2 Å². The van der Waals surface area contributed by atoms with Crippen LogP contribution in [0.3, 0.4) is 0 Å². The van der Waals surface area contributed by atoms with E-state index >= 15 is 0 Å². The molecule has 1 rings (SSSR count). The standard InChI is InChI=1S/C9H18N4O3S/c1-4-13-5-8(9(10)11-13)17(14,15)12-7(2)6-16-3/h5,7,12H,4,6H2,1-3H3,(H2,10,11). The Morgan fingerprint density at radius 3 is 2.76 bits per heavy atom. The van der Waals surface area contributed by atoms with E-state index in [0.717, 1.165) is 0 Å². The average molecular weight is 262 g/mol. The Hall–Kier alpha value is -1.12. The number of aryl methyl sites for hydroxylation is 1. The molecule has 98 valence electrons. The second kappa shape index (κ2) is 5.48. The molecule has 1 aromatic rings. The lowest BCUT2D eigenvalue weighted by Gasteiger charge is -2.12. The van der Waals surface area contributed by atoms with Gasteiger partial charge in [0.15, 0.2) is 5.82 Å². The van der Waals surface area contributed by atoms with Crippen molar-refractivity contribution in [2.45, 2.75) is 31.3 Å². The summed E-state index contributed by atoms with van der Waals surface area (Å²) in [5.41, 5.74) is 5.57. The van der Waals surface area contributed by atoms with Crippen molar-refractivity contribution in [2.75, 3.05) is 19.5 Å². The molecular formula is C9H18N4O3S. The normalized spacial score (nSPS) is 13.8. The molecule has 0 aliphatic rings. The van der Waals surface area contributed by atoms with E-state index in [-0.39, 0.29) is 16.8 Å². The predicted molar refractivity (Wildman–Crippen MR) is 64.0 cm³/mol. The van der Waals surface area contributed by atoms with Gasteiger partial charge in [0.2, 0.25) is 10.0 Å². The van der Waals surface area contributed by atoms with Crippen molar-refractivity contribution >= 4 is 15.8 Å². The molecule has 3 N–H and O–H groups in total. The maximum atomic E-state index is 12.0. The van der Waals surface area contributed by atoms with Crippen molar-refractivity contribution in [3.8, 4) is 0 Å². The van der Waals surface area contributed by atoms with Gasteiger partial charge in [-0.2, -0.15) is 5.10 Å². The van der Waals surface area contributed by atoms with Gasteiger partial charge in [0.1, 0.15) is 4.90 Å². The van der Waals surface area contributed by atoms with Gasteiger partial charge < -0.3 is 10.5 Å². The molecule has 17 heavy (non-hydrogen) atoms. The van der Waals surface area contributed by atoms with Crippen LogP contribution in [0, 0.1) is 0 Å². The minimum absolute atomic E-state index is 0.00213. The van der Waals surface area contributed by atoms with Gasteiger partial charge >= 0.3 is 0 Å². The zero-order valence-corrected chi connectivity index (χ0v) is 11.0. The monoisotopic (exact) mass is 262 g/mol. The molecule has 1 unspecified atom stereocenters. The second-order valence-corrected chi connectivity index (χ2v) is 5.39. The third-order valence-electron chi connectivity index (χ3n) is 2.14. The van der Waals surface area contributed by atoms with Crippen LogP contribution in [-0.2, 0) is 21.3 Å². The number of nitrogen functional groups attached to an aromatic ring is 1. The number of ether oxygens (including phenoxy) is 1. The Labute approximate surface area is 101 Å². The van der Waals surface area contributed by atoms with Gasteiger partial charge in [-0.1, -0.05) is 0 Å². The van der Waals surface area contributed by atoms with Crippen molar-refractivity contribution in [2.24, 2.45) is 0 Å². The minimum atomic E-state index is -3.64. The number of hydrogen-bond donors (Lipinski definition) is 2. The average Bonchev–Trinajstić information content (AvgIpc) is 2.60. The largest absolute Gasteiger partial charge is 0.383 e. The van der Waals surface area contributed by atoms with Gasteiger partial charge in [0.25, 0.3) is 0 Å². The summed E-state index contributed by atoms with van der Waals surface area (Å²) < 4.78 is 32.7. The lowest BCUT2D eigenvalue weighted by molar-refractivity contribution is 0.180. The highest BCUT2D eigenvalue weighted by Crippen LogP contribution is 2.16. The highest BCUT2D eigenvalue weighted by molar-refractivity contribution is 7.89. The van der Waals surface area contributed by atoms with Gasteiger partial charge in [0, 0.05) is 25.9 Å². The van der Waals surface area contributed by atoms with E-state index < -0.39 is 10.0 Å². The topological polar surface area (TPSA) is 99.2 Å². The number of nitrogens with one attached hydrogen (secondary N) is 1. The van der Waals surface area contributed by atoms with Crippen molar-refractivity contribution in [3.63, 3.8) is 0 Å². The fourth-order valence-electron chi connectivity index (χ4n) is 1.40. The van der Waals surface area contributed by atoms with Crippen molar-refractivity contribution in [1.29, 1.82) is 0 Å². The summed E-state index contributed by atoms with van der Waals surface area (Å²) in [6.07, 6.45) is 1.41. The Morgan fingerprint density at radius 2 is 2.29 bits per heavy atom. The van der Waals surface area contributed by atoms with Gasteiger partial charge in [-0.3, -0.25) is 4.68 Å². The molecule has 8 heteroatoms. The van der Waals surface area contributed by atoms with E-state index in [1.165, 1.54) is 18.0 Å². The molecule has 0 fully saturated rings. The van der Waals surface area contributed by atoms with Crippen LogP contribution >= 0.6 is 0 Å². The molecule has 0 radical (unpaired) electrons. The lowest BCUT2D eigenvalue weighted by Crippen LogP contribution is -2.35. The molecule has 1 atom stereocenters. The number of rotatable bonds is 6. The zero-order valence-electron chi connectivity index (χ0n) is 10.2. The van der Waals surface area contributed by atoms with Crippen LogP contribution in [0.5, 0.6) is 0 Å². The molecule has 0 amide bonds. The van der Waals surface area contributed by atoms with Crippen molar-refractivity contribution in [1.82, 2.24) is 14.5 Å². The van der Waals surface area contributed by atoms with E-state index in [0.29, 0.717) is 13.2 Å². The smallest absolute Gasteiger partial charge is 0.246 e. The Balaban J connectivity index is 2.92. The number of sulfonamides is 1. The first kappa shape index (κ1) is 13.9. The summed E-state index contributed by atoms with van der Waals surface area (Å²) >= 11 is 0. The summed E-state index contributed by atoms with van der Waals surface area (Å²) in [6, 6.07) is -0.325. The number of aromatic nitrogens is 2. The van der Waals surface area contributed by atoms with E-state index in [1.807, 2.05) is 6.92 Å². The van der Waals surface area contributed by atoms with Gasteiger partial charge in [-0.25, -0.2) is 13.1 Å². The number of hydrogen-bond acceptors (Lipinski definition) is 5. The molecule has 7 nitrogen and oxygen atoms in total. The number of methoxy groups -OCH3 is 1. The molecule has 1 aromatic heterocycles. The third-order valence-corrected chi connectivity index (χ3v) is 3.75. The van der Waals surface area contributed by atoms with E-state index in [2.05, 4.69) is 9.82 Å². The first-order chi connectivity index (χ1) is 7.90. The van der Waals surface area contributed by atoms with Crippen molar-refractivity contribution in [3.05, 3.63) is 6.20 Å². The highest BCUT2D eigenvalue weighted by atomic mass is 32.2. The van der Waals surface area contributed by atoms with Gasteiger partial charge in [-0.05, 0) is 13.8 Å². The highest BCUT2D eigenvalue weighted by Gasteiger charge is 2.22. The van der Waals surface area contributed by atoms with E-state index in [4.69, 9.17) is 10.5 Å². The summed E-state index contributed by atoms with van der Waals surface area (Å²) in [4.78, 5) is 0.00213. The quantitative estimate of drug-likeness (QED) is 0.739. The van der Waals surface area contributed by atoms with Crippen LogP contribution in [0.1, 0.15) is 13.8 Å². The maximum absolute atomic E-state index is 12.0. The molecule has 0 bridgehead atoms. The van der Waals surface area contributed by atoms with Crippen LogP contribution in [-0.4, -0.2) is 38.0 Å². The third kappa shape index (κ3) is 3.42. The molecule has 0 aliphatic carbocycles. The summed E-state index contributed by atoms with van der Waals surface area (Å²) in [5.74, 6) is 0.00367. The SMILES string of the molecule is CCn1cc(S(=O)(=O)NC(C)COC)c(N)n1. The van der Waals surface area contributed by atoms with Gasteiger partial charge in [-0.15, -0.1) is 0 Å². The Kier molecular flexibility index (Phi) is 4.49. The van der Waals surface area contributed by atoms with E-state index in [9.17, 15) is 8.42 Å². The zero-order chi connectivity index (χ0) is 13.1. The van der Waals surface area contributed by atoms with Crippen LogP contribution in [0.4, 0.5) is 5.82 Å². The van der Waals surface area contributed by atoms with Crippen LogP contribution in [0.2, 0.25) is 0 Å². The minimum Gasteiger partial charge on any atom is -0.383 e. The molecule has 1 heterocycles. The molecule has 0 saturated carbocycles. The fraction of sp³-hybridized carbons (Fsp3) is 0.667. The molecule has 0 aromatic carbocycles. The van der Waals surface area contributed by atoms with Gasteiger partial charge in [0.05, 0.1) is 6.61 Å². The Bertz CT molecular complexity index is 469. The fourth-order valence-corrected chi connectivity index (χ4v) is 2.70. The first-order valence-electron chi connectivity index (χ1n) is 5.25. The summed E-state index contributed by atoms with van der Waals surface area (Å²) in [6.45, 7) is 4.42. The van der Waals surface area contributed by atoms with E-state index in [1.54, 1.807) is 6.92 Å². The molecule has 0 aliphatic heterocycles. The molecular weight excluding hydrogens is 244 g/mol. The lowest BCUT2D eigenvalue weighted by atomic mass is 10.4. The molecule has 0 saturated heterocycles. The first-order valence-corrected chi connectivity index (χ1v) is 6.73. The second-order valence-electron chi connectivity index (χ2n) is 3.71. The number of nitrogens with two attached hydrogens (primary N) is 1. The van der Waals surface area contributed by atoms with Crippen LogP contribution < -0.4 is 10.5 Å². The predicted octanol–water partition coefficient (Wildman–Crippen LogP) is -0.202. The Morgan fingerprint density at radius 1 is 1.65 bits per heavy atom. The number of anilines is 1. The van der Waals surface area contributed by atoms with Crippen LogP contribution in [0.15, 0.2) is 11.1 Å².